The van der Waals surface area contributed by atoms with Crippen molar-refractivity contribution >= 4 is 29.9 Å². The molecule has 3 N–H and O–H groups in total. The van der Waals surface area contributed by atoms with Crippen LogP contribution in [0.5, 0.6) is 0 Å². The van der Waals surface area contributed by atoms with E-state index in [4.69, 9.17) is 0 Å². The number of benzene rings is 1. The molecular weight excluding hydrogens is 463 g/mol. The molecule has 6 heteroatoms. The zero-order chi connectivity index (χ0) is 19.7. The largest absolute Gasteiger partial charge is 0.388 e. The standard InChI is InChI=1S/C22H38N4O.HI/c1-5-22(27,6-2)17-24-21(23-7-3)25-20-12-14-26(15-13-20)16-19-11-9-8-10-18(19)4;/h8-11,20,27H,5-7,12-17H2,1-4H3,(H2,23,24,25);1H. The number of piperidine rings is 1. The molecule has 0 saturated carbocycles. The van der Waals surface area contributed by atoms with Crippen molar-refractivity contribution in [3.63, 3.8) is 0 Å². The second-order valence-corrected chi connectivity index (χ2v) is 7.75. The Bertz CT molecular complexity index is 596. The van der Waals surface area contributed by atoms with Crippen LogP contribution in [0.1, 0.15) is 57.6 Å². The van der Waals surface area contributed by atoms with E-state index in [2.05, 4.69) is 58.6 Å². The van der Waals surface area contributed by atoms with Crippen LogP contribution >= 0.6 is 24.0 Å². The molecule has 0 unspecified atom stereocenters. The van der Waals surface area contributed by atoms with Gasteiger partial charge in [0.15, 0.2) is 5.96 Å². The Kier molecular flexibility index (Phi) is 11.4. The minimum Gasteiger partial charge on any atom is -0.388 e. The van der Waals surface area contributed by atoms with Crippen LogP contribution < -0.4 is 10.6 Å². The van der Waals surface area contributed by atoms with Crippen molar-refractivity contribution in [2.75, 3.05) is 26.2 Å². The van der Waals surface area contributed by atoms with Crippen LogP contribution in [0.2, 0.25) is 0 Å². The highest BCUT2D eigenvalue weighted by molar-refractivity contribution is 14.0. The van der Waals surface area contributed by atoms with Gasteiger partial charge in [-0.05, 0) is 50.7 Å². The smallest absolute Gasteiger partial charge is 0.191 e. The number of hydrogen-bond acceptors (Lipinski definition) is 3. The van der Waals surface area contributed by atoms with E-state index in [1.807, 2.05) is 13.8 Å². The number of aliphatic imine (C=N–C) groups is 1. The van der Waals surface area contributed by atoms with Crippen molar-refractivity contribution in [1.29, 1.82) is 0 Å². The van der Waals surface area contributed by atoms with E-state index in [9.17, 15) is 5.11 Å². The summed E-state index contributed by atoms with van der Waals surface area (Å²) in [7, 11) is 0. The van der Waals surface area contributed by atoms with Crippen molar-refractivity contribution < 1.29 is 5.11 Å². The number of nitrogens with zero attached hydrogens (tertiary/aromatic N) is 2. The number of likely N-dealkylation sites (tertiary alicyclic amines) is 1. The maximum atomic E-state index is 10.5. The van der Waals surface area contributed by atoms with Gasteiger partial charge in [-0.15, -0.1) is 24.0 Å². The van der Waals surface area contributed by atoms with Gasteiger partial charge < -0.3 is 15.7 Å². The molecule has 1 aromatic rings. The van der Waals surface area contributed by atoms with Crippen molar-refractivity contribution in [2.24, 2.45) is 4.99 Å². The van der Waals surface area contributed by atoms with Gasteiger partial charge in [-0.1, -0.05) is 38.1 Å². The van der Waals surface area contributed by atoms with Gasteiger partial charge in [0, 0.05) is 32.2 Å². The van der Waals surface area contributed by atoms with Gasteiger partial charge in [-0.2, -0.15) is 0 Å². The van der Waals surface area contributed by atoms with E-state index in [1.165, 1.54) is 11.1 Å². The predicted octanol–water partition coefficient (Wildman–Crippen LogP) is 3.68. The molecule has 2 rings (SSSR count). The molecule has 1 aliphatic rings. The van der Waals surface area contributed by atoms with Gasteiger partial charge in [0.2, 0.25) is 0 Å². The van der Waals surface area contributed by atoms with Crippen molar-refractivity contribution in [3.8, 4) is 0 Å². The molecule has 0 aliphatic carbocycles. The molecular formula is C22H39IN4O. The molecule has 1 aromatic carbocycles. The zero-order valence-corrected chi connectivity index (χ0v) is 20.3. The van der Waals surface area contributed by atoms with E-state index < -0.39 is 5.60 Å². The van der Waals surface area contributed by atoms with Gasteiger partial charge in [0.1, 0.15) is 0 Å². The molecule has 5 nitrogen and oxygen atoms in total. The van der Waals surface area contributed by atoms with Crippen LogP contribution in [0.3, 0.4) is 0 Å². The summed E-state index contributed by atoms with van der Waals surface area (Å²) in [5, 5.41) is 17.4. The second-order valence-electron chi connectivity index (χ2n) is 7.75. The highest BCUT2D eigenvalue weighted by Gasteiger charge is 2.23. The van der Waals surface area contributed by atoms with Crippen LogP contribution in [0.4, 0.5) is 0 Å². The molecule has 0 amide bonds. The number of hydrogen-bond donors (Lipinski definition) is 3. The quantitative estimate of drug-likeness (QED) is 0.289. The van der Waals surface area contributed by atoms with Crippen LogP contribution in [-0.4, -0.2) is 53.8 Å². The minimum atomic E-state index is -0.695. The summed E-state index contributed by atoms with van der Waals surface area (Å²) in [4.78, 5) is 7.19. The summed E-state index contributed by atoms with van der Waals surface area (Å²) in [5.74, 6) is 0.829. The summed E-state index contributed by atoms with van der Waals surface area (Å²) >= 11 is 0. The third kappa shape index (κ3) is 7.87. The SMILES string of the molecule is CCNC(=NCC(O)(CC)CC)NC1CCN(Cc2ccccc2C)CC1.I. The Morgan fingerprint density at radius 2 is 1.82 bits per heavy atom. The zero-order valence-electron chi connectivity index (χ0n) is 18.0. The lowest BCUT2D eigenvalue weighted by molar-refractivity contribution is 0.0417. The molecule has 1 fully saturated rings. The number of nitrogens with one attached hydrogen (secondary N) is 2. The minimum absolute atomic E-state index is 0. The van der Waals surface area contributed by atoms with Crippen LogP contribution in [-0.2, 0) is 6.54 Å². The van der Waals surface area contributed by atoms with E-state index >= 15 is 0 Å². The molecule has 0 atom stereocenters. The van der Waals surface area contributed by atoms with Crippen molar-refractivity contribution in [2.45, 2.75) is 71.6 Å². The van der Waals surface area contributed by atoms with Crippen LogP contribution in [0.15, 0.2) is 29.3 Å². The number of guanidine groups is 1. The number of halogens is 1. The average Bonchev–Trinajstić information content (AvgIpc) is 2.69. The van der Waals surface area contributed by atoms with Gasteiger partial charge >= 0.3 is 0 Å². The summed E-state index contributed by atoms with van der Waals surface area (Å²) in [6.45, 7) is 12.8. The Balaban J connectivity index is 0.00000392. The highest BCUT2D eigenvalue weighted by Crippen LogP contribution is 2.17. The van der Waals surface area contributed by atoms with Crippen LogP contribution in [0, 0.1) is 6.92 Å². The molecule has 1 heterocycles. The van der Waals surface area contributed by atoms with Crippen molar-refractivity contribution in [3.05, 3.63) is 35.4 Å². The molecule has 28 heavy (non-hydrogen) atoms. The third-order valence-corrected chi connectivity index (χ3v) is 5.78. The van der Waals surface area contributed by atoms with Gasteiger partial charge in [-0.25, -0.2) is 0 Å². The summed E-state index contributed by atoms with van der Waals surface area (Å²) in [5.41, 5.74) is 2.11. The lowest BCUT2D eigenvalue weighted by Gasteiger charge is -2.33. The first-order valence-electron chi connectivity index (χ1n) is 10.5. The Hall–Kier alpha value is -0.860. The van der Waals surface area contributed by atoms with E-state index in [1.54, 1.807) is 0 Å². The van der Waals surface area contributed by atoms with Gasteiger partial charge in [0.05, 0.1) is 12.1 Å². The first kappa shape index (κ1) is 25.2. The number of aryl methyl sites for hydroxylation is 1. The summed E-state index contributed by atoms with van der Waals surface area (Å²) in [6, 6.07) is 9.10. The van der Waals surface area contributed by atoms with Gasteiger partial charge in [-0.3, -0.25) is 9.89 Å². The molecule has 160 valence electrons. The Morgan fingerprint density at radius 3 is 2.39 bits per heavy atom. The van der Waals surface area contributed by atoms with E-state index in [0.717, 1.165) is 57.8 Å². The molecule has 0 aromatic heterocycles. The Morgan fingerprint density at radius 1 is 1.18 bits per heavy atom. The van der Waals surface area contributed by atoms with Gasteiger partial charge in [0.25, 0.3) is 0 Å². The fourth-order valence-electron chi connectivity index (χ4n) is 3.48. The highest BCUT2D eigenvalue weighted by atomic mass is 127. The normalized spacial score (nSPS) is 16.5. The first-order valence-corrected chi connectivity index (χ1v) is 10.5. The molecule has 1 saturated heterocycles. The lowest BCUT2D eigenvalue weighted by Crippen LogP contribution is -2.49. The lowest BCUT2D eigenvalue weighted by atomic mass is 9.98. The molecule has 1 aliphatic heterocycles. The Labute approximate surface area is 188 Å². The summed E-state index contributed by atoms with van der Waals surface area (Å²) < 4.78 is 0. The second kappa shape index (κ2) is 12.6. The molecule has 0 spiro atoms. The monoisotopic (exact) mass is 502 g/mol. The maximum Gasteiger partial charge on any atom is 0.191 e. The average molecular weight is 502 g/mol. The first-order chi connectivity index (χ1) is 13.0. The van der Waals surface area contributed by atoms with E-state index in [0.29, 0.717) is 12.6 Å². The fraction of sp³-hybridized carbons (Fsp3) is 0.682. The third-order valence-electron chi connectivity index (χ3n) is 5.78. The summed E-state index contributed by atoms with van der Waals surface area (Å²) in [6.07, 6.45) is 3.68. The predicted molar refractivity (Wildman–Crippen MR) is 130 cm³/mol. The topological polar surface area (TPSA) is 59.9 Å². The number of aliphatic hydroxyl groups is 1. The van der Waals surface area contributed by atoms with Crippen molar-refractivity contribution in [1.82, 2.24) is 15.5 Å². The molecule has 0 radical (unpaired) electrons. The number of rotatable bonds is 8. The van der Waals surface area contributed by atoms with E-state index in [-0.39, 0.29) is 24.0 Å². The maximum absolute atomic E-state index is 10.5. The fourth-order valence-corrected chi connectivity index (χ4v) is 3.48. The van der Waals surface area contributed by atoms with Crippen LogP contribution in [0.25, 0.3) is 0 Å². The molecule has 0 bridgehead atoms.